The standard InChI is InChI=1S/C21H23ClN4O3/c1-28-12-10-26(9-8-19(27)23-15-5-6-15)21-16-7-4-14(22)13-17(16)24-20(25-21)18-3-2-11-29-18/h2-4,7,11,13,15H,5-6,8-10,12H2,1H3,(H,23,27). The van der Waals surface area contributed by atoms with E-state index in [1.54, 1.807) is 19.4 Å². The number of fused-ring (bicyclic) bond motifs is 1. The summed E-state index contributed by atoms with van der Waals surface area (Å²) in [5.74, 6) is 1.84. The predicted molar refractivity (Wildman–Crippen MR) is 112 cm³/mol. The van der Waals surface area contributed by atoms with Crippen LogP contribution < -0.4 is 10.2 Å². The topological polar surface area (TPSA) is 80.5 Å². The number of rotatable bonds is 9. The van der Waals surface area contributed by atoms with E-state index in [0.717, 1.165) is 29.6 Å². The third-order valence-corrected chi connectivity index (χ3v) is 5.03. The zero-order valence-electron chi connectivity index (χ0n) is 16.2. The van der Waals surface area contributed by atoms with Gasteiger partial charge in [0.1, 0.15) is 5.82 Å². The number of amides is 1. The van der Waals surface area contributed by atoms with E-state index in [2.05, 4.69) is 15.2 Å². The normalized spacial score (nSPS) is 13.6. The van der Waals surface area contributed by atoms with Gasteiger partial charge in [0.15, 0.2) is 11.6 Å². The Labute approximate surface area is 174 Å². The van der Waals surface area contributed by atoms with Crippen molar-refractivity contribution in [3.63, 3.8) is 0 Å². The van der Waals surface area contributed by atoms with Gasteiger partial charge in [-0.25, -0.2) is 9.97 Å². The third-order valence-electron chi connectivity index (χ3n) is 4.80. The van der Waals surface area contributed by atoms with E-state index in [4.69, 9.17) is 25.7 Å². The molecule has 152 valence electrons. The molecule has 0 aliphatic heterocycles. The molecular weight excluding hydrogens is 392 g/mol. The van der Waals surface area contributed by atoms with Crippen LogP contribution in [0.25, 0.3) is 22.5 Å². The molecule has 1 fully saturated rings. The molecule has 2 aromatic heterocycles. The van der Waals surface area contributed by atoms with Crippen LogP contribution in [0.15, 0.2) is 41.0 Å². The number of furan rings is 1. The first-order valence-corrected chi connectivity index (χ1v) is 10.1. The second-order valence-electron chi connectivity index (χ2n) is 7.08. The maximum atomic E-state index is 12.2. The Morgan fingerprint density at radius 1 is 1.31 bits per heavy atom. The molecule has 1 aliphatic rings. The molecule has 7 nitrogen and oxygen atoms in total. The Morgan fingerprint density at radius 3 is 2.90 bits per heavy atom. The summed E-state index contributed by atoms with van der Waals surface area (Å²) in [6.07, 6.45) is 4.12. The summed E-state index contributed by atoms with van der Waals surface area (Å²) < 4.78 is 10.8. The largest absolute Gasteiger partial charge is 0.461 e. The molecule has 1 amide bonds. The van der Waals surface area contributed by atoms with Gasteiger partial charge in [-0.15, -0.1) is 0 Å². The molecule has 0 atom stereocenters. The van der Waals surface area contributed by atoms with Crippen LogP contribution in [0.4, 0.5) is 5.82 Å². The number of hydrogen-bond acceptors (Lipinski definition) is 6. The first-order chi connectivity index (χ1) is 14.1. The first kappa shape index (κ1) is 19.7. The molecule has 1 aliphatic carbocycles. The van der Waals surface area contributed by atoms with Crippen molar-refractivity contribution in [2.24, 2.45) is 0 Å². The molecule has 1 N–H and O–H groups in total. The van der Waals surface area contributed by atoms with Gasteiger partial charge < -0.3 is 19.4 Å². The zero-order valence-corrected chi connectivity index (χ0v) is 17.0. The number of carbonyl (C=O) groups excluding carboxylic acids is 1. The van der Waals surface area contributed by atoms with Gasteiger partial charge in [0, 0.05) is 43.1 Å². The smallest absolute Gasteiger partial charge is 0.221 e. The fourth-order valence-electron chi connectivity index (χ4n) is 3.13. The molecule has 4 rings (SSSR count). The monoisotopic (exact) mass is 414 g/mol. The van der Waals surface area contributed by atoms with E-state index in [1.807, 2.05) is 24.3 Å². The van der Waals surface area contributed by atoms with Crippen LogP contribution in [0.3, 0.4) is 0 Å². The van der Waals surface area contributed by atoms with Gasteiger partial charge in [-0.1, -0.05) is 11.6 Å². The Hall–Kier alpha value is -2.64. The van der Waals surface area contributed by atoms with Crippen molar-refractivity contribution in [2.75, 3.05) is 31.7 Å². The number of nitrogens with zero attached hydrogens (tertiary/aromatic N) is 3. The maximum absolute atomic E-state index is 12.2. The summed E-state index contributed by atoms with van der Waals surface area (Å²) in [5.41, 5.74) is 0.721. The number of anilines is 1. The second kappa shape index (κ2) is 8.80. The van der Waals surface area contributed by atoms with Gasteiger partial charge in [0.2, 0.25) is 5.91 Å². The summed E-state index contributed by atoms with van der Waals surface area (Å²) in [7, 11) is 1.66. The number of methoxy groups -OCH3 is 1. The van der Waals surface area contributed by atoms with Gasteiger partial charge in [0.05, 0.1) is 18.4 Å². The Bertz CT molecular complexity index is 989. The average Bonchev–Trinajstić information content (AvgIpc) is 3.35. The minimum absolute atomic E-state index is 0.0579. The van der Waals surface area contributed by atoms with Crippen molar-refractivity contribution in [3.8, 4) is 11.6 Å². The van der Waals surface area contributed by atoms with Crippen molar-refractivity contribution in [1.82, 2.24) is 15.3 Å². The summed E-state index contributed by atoms with van der Waals surface area (Å²) in [6.45, 7) is 1.63. The molecule has 3 aromatic rings. The predicted octanol–water partition coefficient (Wildman–Crippen LogP) is 3.66. The van der Waals surface area contributed by atoms with Gasteiger partial charge in [-0.2, -0.15) is 0 Å². The van der Waals surface area contributed by atoms with Crippen LogP contribution in [-0.2, 0) is 9.53 Å². The second-order valence-corrected chi connectivity index (χ2v) is 7.52. The number of nitrogens with one attached hydrogen (secondary N) is 1. The highest BCUT2D eigenvalue weighted by Gasteiger charge is 2.24. The van der Waals surface area contributed by atoms with E-state index in [1.165, 1.54) is 0 Å². The van der Waals surface area contributed by atoms with E-state index in [0.29, 0.717) is 48.8 Å². The van der Waals surface area contributed by atoms with Gasteiger partial charge >= 0.3 is 0 Å². The van der Waals surface area contributed by atoms with Crippen molar-refractivity contribution >= 4 is 34.2 Å². The summed E-state index contributed by atoms with van der Waals surface area (Å²) in [4.78, 5) is 23.7. The first-order valence-electron chi connectivity index (χ1n) is 9.68. The maximum Gasteiger partial charge on any atom is 0.221 e. The van der Waals surface area contributed by atoms with E-state index >= 15 is 0 Å². The van der Waals surface area contributed by atoms with Crippen molar-refractivity contribution in [2.45, 2.75) is 25.3 Å². The fraction of sp³-hybridized carbons (Fsp3) is 0.381. The number of hydrogen-bond donors (Lipinski definition) is 1. The number of carbonyl (C=O) groups is 1. The Balaban J connectivity index is 1.68. The minimum atomic E-state index is 0.0579. The molecule has 0 spiro atoms. The molecular formula is C21H23ClN4O3. The highest BCUT2D eigenvalue weighted by atomic mass is 35.5. The third kappa shape index (κ3) is 4.86. The van der Waals surface area contributed by atoms with Crippen LogP contribution >= 0.6 is 11.6 Å². The van der Waals surface area contributed by atoms with Gasteiger partial charge in [-0.05, 0) is 43.2 Å². The lowest BCUT2D eigenvalue weighted by Gasteiger charge is -2.25. The van der Waals surface area contributed by atoms with E-state index in [-0.39, 0.29) is 5.91 Å². The van der Waals surface area contributed by atoms with Crippen LogP contribution in [0.2, 0.25) is 5.02 Å². The summed E-state index contributed by atoms with van der Waals surface area (Å²) in [5, 5.41) is 4.49. The van der Waals surface area contributed by atoms with Gasteiger partial charge in [0.25, 0.3) is 0 Å². The van der Waals surface area contributed by atoms with Gasteiger partial charge in [-0.3, -0.25) is 4.79 Å². The fourth-order valence-corrected chi connectivity index (χ4v) is 3.30. The van der Waals surface area contributed by atoms with Crippen LogP contribution in [-0.4, -0.2) is 48.7 Å². The lowest BCUT2D eigenvalue weighted by molar-refractivity contribution is -0.121. The Kier molecular flexibility index (Phi) is 5.97. The molecule has 0 bridgehead atoms. The molecule has 0 saturated heterocycles. The molecule has 29 heavy (non-hydrogen) atoms. The minimum Gasteiger partial charge on any atom is -0.461 e. The van der Waals surface area contributed by atoms with Crippen molar-refractivity contribution < 1.29 is 13.9 Å². The highest BCUT2D eigenvalue weighted by Crippen LogP contribution is 2.30. The number of halogens is 1. The van der Waals surface area contributed by atoms with Crippen molar-refractivity contribution in [1.29, 1.82) is 0 Å². The van der Waals surface area contributed by atoms with E-state index in [9.17, 15) is 4.79 Å². The van der Waals surface area contributed by atoms with E-state index < -0.39 is 0 Å². The van der Waals surface area contributed by atoms with Crippen molar-refractivity contribution in [3.05, 3.63) is 41.6 Å². The highest BCUT2D eigenvalue weighted by molar-refractivity contribution is 6.31. The molecule has 0 radical (unpaired) electrons. The molecule has 1 aromatic carbocycles. The molecule has 1 saturated carbocycles. The molecule has 0 unspecified atom stereocenters. The number of ether oxygens (including phenoxy) is 1. The Morgan fingerprint density at radius 2 is 2.17 bits per heavy atom. The molecule has 8 heteroatoms. The quantitative estimate of drug-likeness (QED) is 0.575. The van der Waals surface area contributed by atoms with Crippen LogP contribution in [0, 0.1) is 0 Å². The zero-order chi connectivity index (χ0) is 20.2. The lowest BCUT2D eigenvalue weighted by atomic mass is 10.2. The summed E-state index contributed by atoms with van der Waals surface area (Å²) in [6, 6.07) is 9.50. The van der Waals surface area contributed by atoms with Crippen LogP contribution in [0.1, 0.15) is 19.3 Å². The summed E-state index contributed by atoms with van der Waals surface area (Å²) >= 11 is 6.20. The number of aromatic nitrogens is 2. The SMILES string of the molecule is COCCN(CCC(=O)NC1CC1)c1nc(-c2ccco2)nc2cc(Cl)ccc12. The lowest BCUT2D eigenvalue weighted by Crippen LogP contribution is -2.34. The number of benzene rings is 1. The van der Waals surface area contributed by atoms with Crippen LogP contribution in [0.5, 0.6) is 0 Å². The average molecular weight is 415 g/mol. The molecule has 2 heterocycles.